The van der Waals surface area contributed by atoms with E-state index >= 15 is 0 Å². The van der Waals surface area contributed by atoms with Crippen molar-refractivity contribution in [2.24, 2.45) is 0 Å². The molecular weight excluding hydrogens is 174 g/mol. The second kappa shape index (κ2) is 6.57. The molecule has 0 aliphatic heterocycles. The van der Waals surface area contributed by atoms with Crippen LogP contribution >= 0.6 is 0 Å². The van der Waals surface area contributed by atoms with Crippen LogP contribution in [0.4, 0.5) is 0 Å². The first-order valence-corrected chi connectivity index (χ1v) is 5.18. The van der Waals surface area contributed by atoms with Crippen molar-refractivity contribution in [3.63, 3.8) is 0 Å². The normalized spacial score (nSPS) is 12.7. The summed E-state index contributed by atoms with van der Waals surface area (Å²) in [5, 5.41) is 3.41. The molecule has 1 unspecified atom stereocenters. The van der Waals surface area contributed by atoms with E-state index in [4.69, 9.17) is 4.74 Å². The van der Waals surface area contributed by atoms with Gasteiger partial charge in [0.25, 0.3) is 0 Å². The van der Waals surface area contributed by atoms with E-state index in [1.807, 2.05) is 13.0 Å². The molecule has 0 fully saturated rings. The van der Waals surface area contributed by atoms with E-state index in [0.717, 1.165) is 19.8 Å². The van der Waals surface area contributed by atoms with Gasteiger partial charge in [0.05, 0.1) is 6.61 Å². The highest BCUT2D eigenvalue weighted by Gasteiger charge is 1.99. The molecule has 78 valence electrons. The Morgan fingerprint density at radius 3 is 2.64 bits per heavy atom. The first-order valence-electron chi connectivity index (χ1n) is 5.18. The fourth-order valence-electron chi connectivity index (χ4n) is 1.24. The first-order chi connectivity index (χ1) is 6.83. The Morgan fingerprint density at radius 1 is 1.29 bits per heavy atom. The van der Waals surface area contributed by atoms with Crippen molar-refractivity contribution in [3.8, 4) is 0 Å². The quantitative estimate of drug-likeness (QED) is 0.748. The average Bonchev–Trinajstić information content (AvgIpc) is 2.25. The molecule has 0 aliphatic rings. The molecule has 0 radical (unpaired) electrons. The summed E-state index contributed by atoms with van der Waals surface area (Å²) in [6.45, 7) is 6.64. The van der Waals surface area contributed by atoms with Crippen LogP contribution in [-0.2, 0) is 11.3 Å². The van der Waals surface area contributed by atoms with Gasteiger partial charge in [0.1, 0.15) is 0 Å². The third kappa shape index (κ3) is 4.40. The zero-order chi connectivity index (χ0) is 10.2. The van der Waals surface area contributed by atoms with Crippen molar-refractivity contribution in [3.05, 3.63) is 35.9 Å². The molecule has 0 aliphatic carbocycles. The minimum atomic E-state index is 0.412. The van der Waals surface area contributed by atoms with E-state index in [1.165, 1.54) is 5.56 Å². The van der Waals surface area contributed by atoms with Crippen molar-refractivity contribution < 1.29 is 4.74 Å². The van der Waals surface area contributed by atoms with Gasteiger partial charge in [-0.15, -0.1) is 0 Å². The lowest BCUT2D eigenvalue weighted by molar-refractivity contribution is 0.127. The van der Waals surface area contributed by atoms with Gasteiger partial charge in [0.2, 0.25) is 0 Å². The summed E-state index contributed by atoms with van der Waals surface area (Å²) in [5.74, 6) is 0. The van der Waals surface area contributed by atoms with Gasteiger partial charge >= 0.3 is 0 Å². The molecule has 1 N–H and O–H groups in total. The Labute approximate surface area is 86.3 Å². The fraction of sp³-hybridized carbons (Fsp3) is 0.500. The molecule has 0 heterocycles. The minimum absolute atomic E-state index is 0.412. The van der Waals surface area contributed by atoms with E-state index in [9.17, 15) is 0 Å². The lowest BCUT2D eigenvalue weighted by Gasteiger charge is -2.13. The molecule has 0 spiro atoms. The van der Waals surface area contributed by atoms with Gasteiger partial charge in [0.15, 0.2) is 0 Å². The number of nitrogens with one attached hydrogen (secondary N) is 1. The molecule has 2 heteroatoms. The van der Waals surface area contributed by atoms with Crippen LogP contribution in [0, 0.1) is 0 Å². The molecule has 1 atom stereocenters. The molecule has 0 amide bonds. The fourth-order valence-corrected chi connectivity index (χ4v) is 1.24. The van der Waals surface area contributed by atoms with Gasteiger partial charge < -0.3 is 10.1 Å². The SMILES string of the molecule is CCOCC(C)NCc1ccccc1. The summed E-state index contributed by atoms with van der Waals surface area (Å²) in [4.78, 5) is 0. The standard InChI is InChI=1S/C12H19NO/c1-3-14-10-11(2)13-9-12-7-5-4-6-8-12/h4-8,11,13H,3,9-10H2,1-2H3. The molecule has 14 heavy (non-hydrogen) atoms. The molecule has 0 aromatic heterocycles. The van der Waals surface area contributed by atoms with Crippen molar-refractivity contribution in [1.29, 1.82) is 0 Å². The minimum Gasteiger partial charge on any atom is -0.380 e. The van der Waals surface area contributed by atoms with E-state index in [1.54, 1.807) is 0 Å². The molecule has 0 saturated carbocycles. The van der Waals surface area contributed by atoms with Crippen LogP contribution in [0.5, 0.6) is 0 Å². The molecule has 0 bridgehead atoms. The smallest absolute Gasteiger partial charge is 0.0616 e. The van der Waals surface area contributed by atoms with Crippen LogP contribution in [0.15, 0.2) is 30.3 Å². The predicted molar refractivity (Wildman–Crippen MR) is 59.2 cm³/mol. The molecule has 1 aromatic carbocycles. The van der Waals surface area contributed by atoms with E-state index in [0.29, 0.717) is 6.04 Å². The lowest BCUT2D eigenvalue weighted by atomic mass is 10.2. The van der Waals surface area contributed by atoms with Gasteiger partial charge in [-0.3, -0.25) is 0 Å². The summed E-state index contributed by atoms with van der Waals surface area (Å²) in [6, 6.07) is 10.8. The molecular formula is C12H19NO. The highest BCUT2D eigenvalue weighted by molar-refractivity contribution is 5.14. The number of hydrogen-bond donors (Lipinski definition) is 1. The van der Waals surface area contributed by atoms with E-state index < -0.39 is 0 Å². The predicted octanol–water partition coefficient (Wildman–Crippen LogP) is 2.20. The summed E-state index contributed by atoms with van der Waals surface area (Å²) in [5.41, 5.74) is 1.32. The maximum absolute atomic E-state index is 5.32. The second-order valence-electron chi connectivity index (χ2n) is 3.43. The van der Waals surface area contributed by atoms with Gasteiger partial charge in [-0.25, -0.2) is 0 Å². The Kier molecular flexibility index (Phi) is 5.27. The summed E-state index contributed by atoms with van der Waals surface area (Å²) >= 11 is 0. The number of rotatable bonds is 6. The van der Waals surface area contributed by atoms with Crippen molar-refractivity contribution in [1.82, 2.24) is 5.32 Å². The highest BCUT2D eigenvalue weighted by Crippen LogP contribution is 1.98. The van der Waals surface area contributed by atoms with E-state index in [-0.39, 0.29) is 0 Å². The topological polar surface area (TPSA) is 21.3 Å². The zero-order valence-corrected chi connectivity index (χ0v) is 8.99. The van der Waals surface area contributed by atoms with Gasteiger partial charge in [-0.2, -0.15) is 0 Å². The second-order valence-corrected chi connectivity index (χ2v) is 3.43. The van der Waals surface area contributed by atoms with Crippen molar-refractivity contribution >= 4 is 0 Å². The van der Waals surface area contributed by atoms with Crippen LogP contribution in [-0.4, -0.2) is 19.3 Å². The average molecular weight is 193 g/mol. The largest absolute Gasteiger partial charge is 0.380 e. The number of benzene rings is 1. The van der Waals surface area contributed by atoms with Gasteiger partial charge in [-0.05, 0) is 19.4 Å². The summed E-state index contributed by atoms with van der Waals surface area (Å²) < 4.78 is 5.32. The third-order valence-electron chi connectivity index (χ3n) is 2.07. The van der Waals surface area contributed by atoms with Crippen LogP contribution in [0.2, 0.25) is 0 Å². The van der Waals surface area contributed by atoms with Crippen molar-refractivity contribution in [2.75, 3.05) is 13.2 Å². The zero-order valence-electron chi connectivity index (χ0n) is 8.99. The van der Waals surface area contributed by atoms with E-state index in [2.05, 4.69) is 36.5 Å². The van der Waals surface area contributed by atoms with Crippen LogP contribution in [0.1, 0.15) is 19.4 Å². The molecule has 2 nitrogen and oxygen atoms in total. The van der Waals surface area contributed by atoms with Crippen LogP contribution in [0.3, 0.4) is 0 Å². The van der Waals surface area contributed by atoms with Crippen LogP contribution < -0.4 is 5.32 Å². The Bertz CT molecular complexity index is 235. The lowest BCUT2D eigenvalue weighted by Crippen LogP contribution is -2.30. The number of hydrogen-bond acceptors (Lipinski definition) is 2. The third-order valence-corrected chi connectivity index (χ3v) is 2.07. The Morgan fingerprint density at radius 2 is 2.00 bits per heavy atom. The molecule has 1 rings (SSSR count). The van der Waals surface area contributed by atoms with Crippen LogP contribution in [0.25, 0.3) is 0 Å². The number of ether oxygens (including phenoxy) is 1. The Hall–Kier alpha value is -0.860. The first kappa shape index (κ1) is 11.2. The Balaban J connectivity index is 2.20. The monoisotopic (exact) mass is 193 g/mol. The van der Waals surface area contributed by atoms with Gasteiger partial charge in [0, 0.05) is 19.2 Å². The highest BCUT2D eigenvalue weighted by atomic mass is 16.5. The maximum Gasteiger partial charge on any atom is 0.0616 e. The summed E-state index contributed by atoms with van der Waals surface area (Å²) in [7, 11) is 0. The molecule has 0 saturated heterocycles. The molecule has 1 aromatic rings. The maximum atomic E-state index is 5.32. The van der Waals surface area contributed by atoms with Crippen molar-refractivity contribution in [2.45, 2.75) is 26.4 Å². The summed E-state index contributed by atoms with van der Waals surface area (Å²) in [6.07, 6.45) is 0. The van der Waals surface area contributed by atoms with Gasteiger partial charge in [-0.1, -0.05) is 30.3 Å².